The Morgan fingerprint density at radius 3 is 2.64 bits per heavy atom. The molecule has 1 aromatic carbocycles. The molecule has 0 aromatic heterocycles. The number of hydrogen-bond donors (Lipinski definition) is 0. The molecule has 1 heterocycles. The third kappa shape index (κ3) is 5.54. The van der Waals surface area contributed by atoms with E-state index in [1.54, 1.807) is 0 Å². The molecular weight excluding hydrogens is 286 g/mol. The van der Waals surface area contributed by atoms with Gasteiger partial charge >= 0.3 is 6.09 Å². The van der Waals surface area contributed by atoms with Crippen LogP contribution in [0, 0.1) is 0 Å². The Morgan fingerprint density at radius 2 is 2.00 bits per heavy atom. The standard InChI is InChI=1S/C16H23NO5/c1-13(2)20-10-9-19-11-14-3-5-15(6-4-14)22-12-17-7-8-21-16(17)18/h3-6,13H,7-12H2,1-2H3. The van der Waals surface area contributed by atoms with E-state index in [1.165, 1.54) is 4.90 Å². The first kappa shape index (κ1) is 16.6. The summed E-state index contributed by atoms with van der Waals surface area (Å²) in [6.45, 7) is 6.93. The summed E-state index contributed by atoms with van der Waals surface area (Å²) in [4.78, 5) is 12.8. The van der Waals surface area contributed by atoms with Crippen LogP contribution in [-0.2, 0) is 20.8 Å². The highest BCUT2D eigenvalue weighted by atomic mass is 16.6. The van der Waals surface area contributed by atoms with E-state index in [9.17, 15) is 4.79 Å². The van der Waals surface area contributed by atoms with Gasteiger partial charge in [-0.15, -0.1) is 0 Å². The zero-order valence-corrected chi connectivity index (χ0v) is 13.1. The summed E-state index contributed by atoms with van der Waals surface area (Å²) in [7, 11) is 0. The Labute approximate surface area is 130 Å². The molecule has 6 heteroatoms. The van der Waals surface area contributed by atoms with Crippen molar-refractivity contribution in [2.75, 3.05) is 33.1 Å². The van der Waals surface area contributed by atoms with Crippen molar-refractivity contribution in [1.82, 2.24) is 4.90 Å². The van der Waals surface area contributed by atoms with Crippen molar-refractivity contribution in [3.05, 3.63) is 29.8 Å². The molecule has 1 saturated heterocycles. The van der Waals surface area contributed by atoms with Crippen LogP contribution < -0.4 is 4.74 Å². The van der Waals surface area contributed by atoms with E-state index in [1.807, 2.05) is 38.1 Å². The van der Waals surface area contributed by atoms with Gasteiger partial charge in [0, 0.05) is 0 Å². The number of ether oxygens (including phenoxy) is 4. The molecule has 22 heavy (non-hydrogen) atoms. The van der Waals surface area contributed by atoms with Crippen molar-refractivity contribution < 1.29 is 23.7 Å². The lowest BCUT2D eigenvalue weighted by Gasteiger charge is -2.14. The van der Waals surface area contributed by atoms with E-state index >= 15 is 0 Å². The second-order valence-corrected chi connectivity index (χ2v) is 5.27. The number of rotatable bonds is 9. The summed E-state index contributed by atoms with van der Waals surface area (Å²) in [6.07, 6.45) is -0.0958. The summed E-state index contributed by atoms with van der Waals surface area (Å²) >= 11 is 0. The maximum atomic E-state index is 11.3. The Bertz CT molecular complexity index is 460. The van der Waals surface area contributed by atoms with Gasteiger partial charge in [0.05, 0.1) is 32.5 Å². The van der Waals surface area contributed by atoms with Gasteiger partial charge in [-0.05, 0) is 31.5 Å². The normalized spacial score (nSPS) is 14.5. The molecule has 122 valence electrons. The largest absolute Gasteiger partial charge is 0.473 e. The summed E-state index contributed by atoms with van der Waals surface area (Å²) < 4.78 is 21.3. The molecule has 0 aliphatic carbocycles. The van der Waals surface area contributed by atoms with Crippen LogP contribution in [0.3, 0.4) is 0 Å². The second-order valence-electron chi connectivity index (χ2n) is 5.27. The number of hydrogen-bond acceptors (Lipinski definition) is 5. The predicted molar refractivity (Wildman–Crippen MR) is 80.7 cm³/mol. The van der Waals surface area contributed by atoms with Gasteiger partial charge in [0.1, 0.15) is 12.4 Å². The van der Waals surface area contributed by atoms with Crippen LogP contribution >= 0.6 is 0 Å². The molecule has 1 aromatic rings. The van der Waals surface area contributed by atoms with Crippen LogP contribution in [0.1, 0.15) is 19.4 Å². The van der Waals surface area contributed by atoms with E-state index in [0.717, 1.165) is 5.56 Å². The number of nitrogens with zero attached hydrogens (tertiary/aromatic N) is 1. The van der Waals surface area contributed by atoms with Gasteiger partial charge < -0.3 is 18.9 Å². The second kappa shape index (κ2) is 8.60. The van der Waals surface area contributed by atoms with Crippen molar-refractivity contribution in [3.8, 4) is 5.75 Å². The molecule has 0 saturated carbocycles. The average Bonchev–Trinajstić information content (AvgIpc) is 2.91. The molecule has 0 radical (unpaired) electrons. The maximum absolute atomic E-state index is 11.3. The highest BCUT2D eigenvalue weighted by Gasteiger charge is 2.21. The Hall–Kier alpha value is -1.79. The minimum absolute atomic E-state index is 0.210. The van der Waals surface area contributed by atoms with Crippen molar-refractivity contribution in [1.29, 1.82) is 0 Å². The van der Waals surface area contributed by atoms with Crippen molar-refractivity contribution in [2.45, 2.75) is 26.6 Å². The quantitative estimate of drug-likeness (QED) is 0.656. The molecule has 1 amide bonds. The van der Waals surface area contributed by atoms with Gasteiger partial charge in [-0.3, -0.25) is 4.90 Å². The molecule has 2 rings (SSSR count). The van der Waals surface area contributed by atoms with Crippen LogP contribution in [-0.4, -0.2) is 50.2 Å². The van der Waals surface area contributed by atoms with E-state index in [-0.39, 0.29) is 18.9 Å². The Balaban J connectivity index is 1.65. The van der Waals surface area contributed by atoms with E-state index in [2.05, 4.69) is 0 Å². The summed E-state index contributed by atoms with van der Waals surface area (Å²) in [5, 5.41) is 0. The smallest absolute Gasteiger partial charge is 0.412 e. The monoisotopic (exact) mass is 309 g/mol. The molecule has 1 aliphatic rings. The van der Waals surface area contributed by atoms with Gasteiger partial charge in [-0.1, -0.05) is 12.1 Å². The first-order valence-electron chi connectivity index (χ1n) is 7.48. The lowest BCUT2D eigenvalue weighted by Crippen LogP contribution is -2.28. The van der Waals surface area contributed by atoms with Gasteiger partial charge in [0.25, 0.3) is 0 Å². The van der Waals surface area contributed by atoms with E-state index in [0.29, 0.717) is 38.7 Å². The van der Waals surface area contributed by atoms with E-state index < -0.39 is 0 Å². The molecule has 0 unspecified atom stereocenters. The fourth-order valence-electron chi connectivity index (χ4n) is 1.91. The summed E-state index contributed by atoms with van der Waals surface area (Å²) in [5.41, 5.74) is 1.07. The zero-order valence-electron chi connectivity index (χ0n) is 13.1. The first-order chi connectivity index (χ1) is 10.6. The Morgan fingerprint density at radius 1 is 1.23 bits per heavy atom. The van der Waals surface area contributed by atoms with Gasteiger partial charge in [0.15, 0.2) is 6.73 Å². The first-order valence-corrected chi connectivity index (χ1v) is 7.48. The molecular formula is C16H23NO5. The van der Waals surface area contributed by atoms with Crippen molar-refractivity contribution >= 4 is 6.09 Å². The van der Waals surface area contributed by atoms with Gasteiger partial charge in [-0.2, -0.15) is 0 Å². The molecule has 0 bridgehead atoms. The van der Waals surface area contributed by atoms with Crippen LogP contribution in [0.15, 0.2) is 24.3 Å². The van der Waals surface area contributed by atoms with Crippen LogP contribution in [0.2, 0.25) is 0 Å². The van der Waals surface area contributed by atoms with Crippen molar-refractivity contribution in [3.63, 3.8) is 0 Å². The number of amides is 1. The summed E-state index contributed by atoms with van der Waals surface area (Å²) in [5.74, 6) is 0.714. The molecule has 6 nitrogen and oxygen atoms in total. The van der Waals surface area contributed by atoms with Gasteiger partial charge in [-0.25, -0.2) is 4.79 Å². The van der Waals surface area contributed by atoms with Crippen LogP contribution in [0.4, 0.5) is 4.79 Å². The molecule has 0 N–H and O–H groups in total. The lowest BCUT2D eigenvalue weighted by atomic mass is 10.2. The number of benzene rings is 1. The number of carbonyl (C=O) groups is 1. The predicted octanol–water partition coefficient (Wildman–Crippen LogP) is 2.42. The topological polar surface area (TPSA) is 57.2 Å². The number of cyclic esters (lactones) is 1. The minimum atomic E-state index is -0.325. The minimum Gasteiger partial charge on any atom is -0.473 e. The molecule has 1 aliphatic heterocycles. The fraction of sp³-hybridized carbons (Fsp3) is 0.562. The van der Waals surface area contributed by atoms with Crippen molar-refractivity contribution in [2.24, 2.45) is 0 Å². The highest BCUT2D eigenvalue weighted by molar-refractivity contribution is 5.69. The highest BCUT2D eigenvalue weighted by Crippen LogP contribution is 2.14. The van der Waals surface area contributed by atoms with E-state index in [4.69, 9.17) is 18.9 Å². The lowest BCUT2D eigenvalue weighted by molar-refractivity contribution is 0.0143. The maximum Gasteiger partial charge on any atom is 0.412 e. The average molecular weight is 309 g/mol. The van der Waals surface area contributed by atoms with Crippen LogP contribution in [0.25, 0.3) is 0 Å². The summed E-state index contributed by atoms with van der Waals surface area (Å²) in [6, 6.07) is 7.62. The van der Waals surface area contributed by atoms with Gasteiger partial charge in [0.2, 0.25) is 0 Å². The molecule has 0 atom stereocenters. The third-order valence-electron chi connectivity index (χ3n) is 3.10. The number of carbonyl (C=O) groups excluding carboxylic acids is 1. The molecule has 1 fully saturated rings. The SMILES string of the molecule is CC(C)OCCOCc1ccc(OCN2CCOC2=O)cc1. The molecule has 0 spiro atoms. The third-order valence-corrected chi connectivity index (χ3v) is 3.10. The zero-order chi connectivity index (χ0) is 15.8. The van der Waals surface area contributed by atoms with Crippen LogP contribution in [0.5, 0.6) is 5.75 Å². The Kier molecular flexibility index (Phi) is 6.48. The fourth-order valence-corrected chi connectivity index (χ4v) is 1.91.